The fraction of sp³-hybridized carbons (Fsp3) is 0. The largest absolute Gasteiger partial charge is 0.475 e. The van der Waals surface area contributed by atoms with Crippen LogP contribution in [0.4, 0.5) is 4.39 Å². The van der Waals surface area contributed by atoms with Gasteiger partial charge < -0.3 is 9.63 Å². The molecule has 0 aliphatic rings. The summed E-state index contributed by atoms with van der Waals surface area (Å²) >= 11 is 5.58. The summed E-state index contributed by atoms with van der Waals surface area (Å²) in [6.07, 6.45) is 0. The molecule has 0 fully saturated rings. The van der Waals surface area contributed by atoms with Crippen LogP contribution in [0.25, 0.3) is 11.3 Å². The smallest absolute Gasteiger partial charge is 0.374 e. The minimum absolute atomic E-state index is 0.0580. The van der Waals surface area contributed by atoms with Crippen LogP contribution in [0.15, 0.2) is 28.8 Å². The Labute approximate surface area is 94.2 Å². The highest BCUT2D eigenvalue weighted by Gasteiger charge is 2.13. The number of hydrogen-bond donors (Lipinski definition) is 1. The lowest BCUT2D eigenvalue weighted by Crippen LogP contribution is -1.91. The van der Waals surface area contributed by atoms with Crippen molar-refractivity contribution in [2.75, 3.05) is 0 Å². The van der Waals surface area contributed by atoms with Crippen LogP contribution in [-0.2, 0) is 0 Å². The summed E-state index contributed by atoms with van der Waals surface area (Å²) in [5.74, 6) is -2.05. The molecule has 0 saturated heterocycles. The first-order chi connectivity index (χ1) is 7.58. The Bertz CT molecular complexity index is 553. The molecule has 1 heterocycles. The van der Waals surface area contributed by atoms with Gasteiger partial charge >= 0.3 is 5.97 Å². The third-order valence-electron chi connectivity index (χ3n) is 1.94. The quantitative estimate of drug-likeness (QED) is 0.878. The number of carbonyl (C=O) groups is 1. The van der Waals surface area contributed by atoms with E-state index in [4.69, 9.17) is 16.7 Å². The Morgan fingerprint density at radius 1 is 1.44 bits per heavy atom. The SMILES string of the molecule is O=C(O)c1cc(-c2ccc(F)c(Cl)c2)no1. The van der Waals surface area contributed by atoms with Crippen LogP contribution in [0.5, 0.6) is 0 Å². The van der Waals surface area contributed by atoms with Gasteiger partial charge in [0.1, 0.15) is 11.5 Å². The van der Waals surface area contributed by atoms with Gasteiger partial charge in [-0.25, -0.2) is 9.18 Å². The maximum atomic E-state index is 12.9. The predicted octanol–water partition coefficient (Wildman–Crippen LogP) is 2.83. The zero-order chi connectivity index (χ0) is 11.7. The van der Waals surface area contributed by atoms with Crippen LogP contribution in [0, 0.1) is 5.82 Å². The monoisotopic (exact) mass is 241 g/mol. The summed E-state index contributed by atoms with van der Waals surface area (Å²) in [5.41, 5.74) is 0.780. The summed E-state index contributed by atoms with van der Waals surface area (Å²) in [6.45, 7) is 0. The van der Waals surface area contributed by atoms with Gasteiger partial charge in [-0.15, -0.1) is 0 Å². The number of carboxylic acids is 1. The van der Waals surface area contributed by atoms with Crippen molar-refractivity contribution < 1.29 is 18.8 Å². The standard InChI is InChI=1S/C10H5ClFNO3/c11-6-3-5(1-2-7(6)12)8-4-9(10(14)15)16-13-8/h1-4H,(H,14,15). The third kappa shape index (κ3) is 1.90. The minimum atomic E-state index is -1.22. The lowest BCUT2D eigenvalue weighted by atomic mass is 10.1. The first kappa shape index (κ1) is 10.6. The van der Waals surface area contributed by atoms with Crippen LogP contribution < -0.4 is 0 Å². The van der Waals surface area contributed by atoms with E-state index in [1.807, 2.05) is 0 Å². The molecule has 0 amide bonds. The fourth-order valence-electron chi connectivity index (χ4n) is 1.17. The first-order valence-corrected chi connectivity index (χ1v) is 4.61. The molecule has 0 spiro atoms. The zero-order valence-electron chi connectivity index (χ0n) is 7.78. The Morgan fingerprint density at radius 2 is 2.19 bits per heavy atom. The lowest BCUT2D eigenvalue weighted by molar-refractivity contribution is 0.0652. The number of aromatic nitrogens is 1. The number of carboxylic acid groups (broad SMARTS) is 1. The van der Waals surface area contributed by atoms with Gasteiger partial charge in [-0.2, -0.15) is 0 Å². The number of rotatable bonds is 2. The van der Waals surface area contributed by atoms with Gasteiger partial charge in [0, 0.05) is 11.6 Å². The predicted molar refractivity (Wildman–Crippen MR) is 53.9 cm³/mol. The van der Waals surface area contributed by atoms with Crippen molar-refractivity contribution in [3.63, 3.8) is 0 Å². The number of benzene rings is 1. The summed E-state index contributed by atoms with van der Waals surface area (Å²) in [7, 11) is 0. The molecule has 0 bridgehead atoms. The van der Waals surface area contributed by atoms with Crippen molar-refractivity contribution in [2.24, 2.45) is 0 Å². The molecule has 1 aromatic heterocycles. The number of halogens is 2. The average molecular weight is 242 g/mol. The molecule has 0 aliphatic carbocycles. The van der Waals surface area contributed by atoms with Gasteiger partial charge in [-0.3, -0.25) is 0 Å². The van der Waals surface area contributed by atoms with Gasteiger partial charge in [-0.1, -0.05) is 16.8 Å². The van der Waals surface area contributed by atoms with Gasteiger partial charge in [0.25, 0.3) is 0 Å². The topological polar surface area (TPSA) is 63.3 Å². The first-order valence-electron chi connectivity index (χ1n) is 4.23. The molecule has 2 aromatic rings. The molecule has 6 heteroatoms. The molecule has 0 atom stereocenters. The molecule has 2 rings (SSSR count). The minimum Gasteiger partial charge on any atom is -0.475 e. The highest BCUT2D eigenvalue weighted by atomic mass is 35.5. The molecule has 0 saturated carbocycles. The van der Waals surface area contributed by atoms with Gasteiger partial charge in [0.05, 0.1) is 5.02 Å². The van der Waals surface area contributed by atoms with E-state index in [0.29, 0.717) is 11.3 Å². The molecule has 1 N–H and O–H groups in total. The van der Waals surface area contributed by atoms with E-state index in [0.717, 1.165) is 0 Å². The molecule has 4 nitrogen and oxygen atoms in total. The maximum absolute atomic E-state index is 12.9. The summed E-state index contributed by atoms with van der Waals surface area (Å²) in [4.78, 5) is 10.5. The Hall–Kier alpha value is -1.88. The van der Waals surface area contributed by atoms with Crippen molar-refractivity contribution >= 4 is 17.6 Å². The van der Waals surface area contributed by atoms with Gasteiger partial charge in [0.15, 0.2) is 0 Å². The summed E-state index contributed by atoms with van der Waals surface area (Å²) in [5, 5.41) is 12.1. The number of hydrogen-bond acceptors (Lipinski definition) is 3. The van der Waals surface area contributed by atoms with E-state index < -0.39 is 11.8 Å². The summed E-state index contributed by atoms with van der Waals surface area (Å²) in [6, 6.07) is 5.20. The van der Waals surface area contributed by atoms with Gasteiger partial charge in [-0.05, 0) is 18.2 Å². The lowest BCUT2D eigenvalue weighted by Gasteiger charge is -1.97. The second-order valence-corrected chi connectivity index (χ2v) is 3.42. The highest BCUT2D eigenvalue weighted by Crippen LogP contribution is 2.24. The average Bonchev–Trinajstić information content (AvgIpc) is 2.71. The number of aromatic carboxylic acids is 1. The van der Waals surface area contributed by atoms with Crippen molar-refractivity contribution in [2.45, 2.75) is 0 Å². The molecule has 0 radical (unpaired) electrons. The molecule has 16 heavy (non-hydrogen) atoms. The van der Waals surface area contributed by atoms with E-state index in [2.05, 4.69) is 9.68 Å². The van der Waals surface area contributed by atoms with Gasteiger partial charge in [0.2, 0.25) is 5.76 Å². The zero-order valence-corrected chi connectivity index (χ0v) is 8.53. The van der Waals surface area contributed by atoms with Crippen LogP contribution in [0.1, 0.15) is 10.6 Å². The molecular formula is C10H5ClFNO3. The third-order valence-corrected chi connectivity index (χ3v) is 2.23. The van der Waals surface area contributed by atoms with E-state index in [-0.39, 0.29) is 10.8 Å². The Morgan fingerprint density at radius 3 is 2.75 bits per heavy atom. The molecular weight excluding hydrogens is 237 g/mol. The van der Waals surface area contributed by atoms with Crippen LogP contribution in [0.2, 0.25) is 5.02 Å². The Balaban J connectivity index is 2.42. The van der Waals surface area contributed by atoms with E-state index in [1.165, 1.54) is 24.3 Å². The van der Waals surface area contributed by atoms with Crippen LogP contribution >= 0.6 is 11.6 Å². The summed E-state index contributed by atoms with van der Waals surface area (Å²) < 4.78 is 17.4. The van der Waals surface area contributed by atoms with E-state index >= 15 is 0 Å². The van der Waals surface area contributed by atoms with Crippen molar-refractivity contribution in [1.29, 1.82) is 0 Å². The van der Waals surface area contributed by atoms with Crippen molar-refractivity contribution in [3.8, 4) is 11.3 Å². The second-order valence-electron chi connectivity index (χ2n) is 3.01. The van der Waals surface area contributed by atoms with E-state index in [1.54, 1.807) is 0 Å². The molecule has 82 valence electrons. The van der Waals surface area contributed by atoms with Crippen LogP contribution in [-0.4, -0.2) is 16.2 Å². The molecule has 0 aliphatic heterocycles. The highest BCUT2D eigenvalue weighted by molar-refractivity contribution is 6.31. The maximum Gasteiger partial charge on any atom is 0.374 e. The van der Waals surface area contributed by atoms with E-state index in [9.17, 15) is 9.18 Å². The normalized spacial score (nSPS) is 10.4. The second kappa shape index (κ2) is 3.94. The molecule has 1 aromatic carbocycles. The van der Waals surface area contributed by atoms with Crippen LogP contribution in [0.3, 0.4) is 0 Å². The number of nitrogens with zero attached hydrogens (tertiary/aromatic N) is 1. The van der Waals surface area contributed by atoms with Crippen molar-refractivity contribution in [1.82, 2.24) is 5.16 Å². The van der Waals surface area contributed by atoms with Crippen molar-refractivity contribution in [3.05, 3.63) is 40.9 Å². The fourth-order valence-corrected chi connectivity index (χ4v) is 1.35. The molecule has 0 unspecified atom stereocenters. The Kier molecular flexibility index (Phi) is 2.62.